The Bertz CT molecular complexity index is 509. The number of alkyl halides is 3. The molecule has 1 N–H and O–H groups in total. The van der Waals surface area contributed by atoms with Crippen LogP contribution in [-0.2, 0) is 6.18 Å². The van der Waals surface area contributed by atoms with Gasteiger partial charge in [0.15, 0.2) is 0 Å². The molecule has 94 valence electrons. The number of nitrogens with one attached hydrogen (secondary N) is 1. The number of rotatable bonds is 3. The van der Waals surface area contributed by atoms with E-state index >= 15 is 0 Å². The van der Waals surface area contributed by atoms with Gasteiger partial charge < -0.3 is 5.32 Å². The summed E-state index contributed by atoms with van der Waals surface area (Å²) in [7, 11) is 0. The molecule has 0 aliphatic carbocycles. The minimum Gasteiger partial charge on any atom is -0.384 e. The molecule has 1 rings (SSSR count). The maximum absolute atomic E-state index is 12.6. The molecular formula is C12H10F3N3. The van der Waals surface area contributed by atoms with E-state index in [1.165, 1.54) is 12.1 Å². The van der Waals surface area contributed by atoms with Crippen molar-refractivity contribution in [1.29, 1.82) is 10.5 Å². The molecule has 1 aromatic carbocycles. The summed E-state index contributed by atoms with van der Waals surface area (Å²) < 4.78 is 37.9. The number of hydrogen-bond acceptors (Lipinski definition) is 3. The molecule has 0 radical (unpaired) electrons. The van der Waals surface area contributed by atoms with Crippen LogP contribution in [0.1, 0.15) is 18.1 Å². The zero-order valence-corrected chi connectivity index (χ0v) is 9.54. The molecule has 0 saturated heterocycles. The second-order valence-electron chi connectivity index (χ2n) is 3.78. The Morgan fingerprint density at radius 2 is 2.00 bits per heavy atom. The van der Waals surface area contributed by atoms with Gasteiger partial charge in [-0.3, -0.25) is 0 Å². The van der Waals surface area contributed by atoms with Crippen LogP contribution < -0.4 is 5.32 Å². The maximum Gasteiger partial charge on any atom is 0.417 e. The third-order valence-corrected chi connectivity index (χ3v) is 2.28. The summed E-state index contributed by atoms with van der Waals surface area (Å²) in [4.78, 5) is 0. The molecule has 1 aromatic rings. The Morgan fingerprint density at radius 1 is 1.33 bits per heavy atom. The molecule has 18 heavy (non-hydrogen) atoms. The molecule has 0 aliphatic rings. The Morgan fingerprint density at radius 3 is 2.50 bits per heavy atom. The van der Waals surface area contributed by atoms with Crippen LogP contribution in [0.5, 0.6) is 0 Å². The van der Waals surface area contributed by atoms with Gasteiger partial charge in [-0.15, -0.1) is 0 Å². The molecule has 0 saturated carbocycles. The predicted octanol–water partition coefficient (Wildman–Crippen LogP) is 3.15. The average molecular weight is 253 g/mol. The Balaban J connectivity index is 2.99. The van der Waals surface area contributed by atoms with E-state index in [4.69, 9.17) is 10.5 Å². The molecule has 3 nitrogen and oxygen atoms in total. The second kappa shape index (κ2) is 5.42. The van der Waals surface area contributed by atoms with Crippen molar-refractivity contribution in [3.05, 3.63) is 29.3 Å². The van der Waals surface area contributed by atoms with Gasteiger partial charge in [0, 0.05) is 12.2 Å². The zero-order chi connectivity index (χ0) is 13.8. The minimum absolute atomic E-state index is 0.239. The molecule has 1 atom stereocenters. The van der Waals surface area contributed by atoms with Crippen LogP contribution in [0, 0.1) is 28.6 Å². The normalized spacial score (nSPS) is 12.3. The lowest BCUT2D eigenvalue weighted by atomic mass is 10.1. The maximum atomic E-state index is 12.6. The quantitative estimate of drug-likeness (QED) is 0.900. The van der Waals surface area contributed by atoms with Crippen LogP contribution in [0.2, 0.25) is 0 Å². The number of hydrogen-bond donors (Lipinski definition) is 1. The summed E-state index contributed by atoms with van der Waals surface area (Å²) in [5.74, 6) is -0.310. The fourth-order valence-corrected chi connectivity index (χ4v) is 1.30. The Kier molecular flexibility index (Phi) is 4.17. The van der Waals surface area contributed by atoms with Crippen molar-refractivity contribution >= 4 is 5.69 Å². The lowest BCUT2D eigenvalue weighted by Crippen LogP contribution is -2.12. The summed E-state index contributed by atoms with van der Waals surface area (Å²) in [5, 5.41) is 19.9. The minimum atomic E-state index is -4.57. The predicted molar refractivity (Wildman–Crippen MR) is 59.4 cm³/mol. The van der Waals surface area contributed by atoms with Gasteiger partial charge in [0.05, 0.1) is 29.2 Å². The first-order valence-corrected chi connectivity index (χ1v) is 5.13. The molecule has 1 unspecified atom stereocenters. The number of nitrogens with zero attached hydrogens (tertiary/aromatic N) is 2. The largest absolute Gasteiger partial charge is 0.417 e. The summed E-state index contributed by atoms with van der Waals surface area (Å²) in [5.41, 5.74) is -1.15. The lowest BCUT2D eigenvalue weighted by Gasteiger charge is -2.12. The molecule has 0 amide bonds. The number of halogens is 3. The van der Waals surface area contributed by atoms with Crippen LogP contribution in [-0.4, -0.2) is 6.54 Å². The Hall–Kier alpha value is -2.21. The van der Waals surface area contributed by atoms with Crippen LogP contribution in [0.4, 0.5) is 18.9 Å². The van der Waals surface area contributed by atoms with Gasteiger partial charge in [-0.25, -0.2) is 0 Å². The van der Waals surface area contributed by atoms with Gasteiger partial charge in [0.1, 0.15) is 0 Å². The van der Waals surface area contributed by atoms with E-state index in [0.717, 1.165) is 12.1 Å². The molecule has 0 fully saturated rings. The summed E-state index contributed by atoms with van der Waals surface area (Å²) in [6.07, 6.45) is -4.57. The van der Waals surface area contributed by atoms with E-state index in [0.29, 0.717) is 0 Å². The van der Waals surface area contributed by atoms with Crippen molar-refractivity contribution in [1.82, 2.24) is 0 Å². The Labute approximate surface area is 102 Å². The van der Waals surface area contributed by atoms with Gasteiger partial charge >= 0.3 is 6.18 Å². The van der Waals surface area contributed by atoms with Gasteiger partial charge in [-0.2, -0.15) is 23.7 Å². The summed E-state index contributed by atoms with van der Waals surface area (Å²) in [6.45, 7) is 1.90. The van der Waals surface area contributed by atoms with E-state index in [1.807, 2.05) is 6.07 Å². The van der Waals surface area contributed by atoms with Crippen molar-refractivity contribution in [3.63, 3.8) is 0 Å². The highest BCUT2D eigenvalue weighted by atomic mass is 19.4. The van der Waals surface area contributed by atoms with Crippen LogP contribution >= 0.6 is 0 Å². The lowest BCUT2D eigenvalue weighted by molar-refractivity contribution is -0.137. The van der Waals surface area contributed by atoms with E-state index in [1.54, 1.807) is 6.92 Å². The number of benzene rings is 1. The third-order valence-electron chi connectivity index (χ3n) is 2.28. The fraction of sp³-hybridized carbons (Fsp3) is 0.333. The highest BCUT2D eigenvalue weighted by Crippen LogP contribution is 2.33. The number of nitriles is 2. The van der Waals surface area contributed by atoms with Gasteiger partial charge in [-0.05, 0) is 25.1 Å². The van der Waals surface area contributed by atoms with Gasteiger partial charge in [0.25, 0.3) is 0 Å². The van der Waals surface area contributed by atoms with Crippen molar-refractivity contribution in [2.45, 2.75) is 13.1 Å². The van der Waals surface area contributed by atoms with Gasteiger partial charge in [-0.1, -0.05) is 0 Å². The highest BCUT2D eigenvalue weighted by Gasteiger charge is 2.33. The summed E-state index contributed by atoms with van der Waals surface area (Å²) >= 11 is 0. The monoisotopic (exact) mass is 253 g/mol. The first kappa shape index (κ1) is 13.9. The highest BCUT2D eigenvalue weighted by molar-refractivity contribution is 5.53. The van der Waals surface area contributed by atoms with Crippen LogP contribution in [0.25, 0.3) is 0 Å². The average Bonchev–Trinajstić information content (AvgIpc) is 2.34. The van der Waals surface area contributed by atoms with E-state index in [9.17, 15) is 13.2 Å². The molecule has 0 aliphatic heterocycles. The SMILES string of the molecule is CC(C#N)CNc1ccc(C#N)c(C(F)(F)F)c1. The fourth-order valence-electron chi connectivity index (χ4n) is 1.30. The molecule has 0 aromatic heterocycles. The molecule has 0 bridgehead atoms. The van der Waals surface area contributed by atoms with E-state index in [-0.39, 0.29) is 18.2 Å². The first-order chi connectivity index (χ1) is 8.38. The standard InChI is InChI=1S/C12H10F3N3/c1-8(5-16)7-18-10-3-2-9(6-17)11(4-10)12(13,14)15/h2-4,8,18H,7H2,1H3. The topological polar surface area (TPSA) is 59.6 Å². The summed E-state index contributed by atoms with van der Waals surface area (Å²) in [6, 6.07) is 6.85. The second-order valence-corrected chi connectivity index (χ2v) is 3.78. The van der Waals surface area contributed by atoms with Crippen molar-refractivity contribution in [3.8, 4) is 12.1 Å². The van der Waals surface area contributed by atoms with Crippen molar-refractivity contribution in [2.24, 2.45) is 5.92 Å². The van der Waals surface area contributed by atoms with E-state index < -0.39 is 17.3 Å². The van der Waals surface area contributed by atoms with Crippen LogP contribution in [0.3, 0.4) is 0 Å². The van der Waals surface area contributed by atoms with Crippen LogP contribution in [0.15, 0.2) is 18.2 Å². The molecular weight excluding hydrogens is 243 g/mol. The number of anilines is 1. The van der Waals surface area contributed by atoms with Crippen molar-refractivity contribution in [2.75, 3.05) is 11.9 Å². The third kappa shape index (κ3) is 3.39. The zero-order valence-electron chi connectivity index (χ0n) is 9.54. The smallest absolute Gasteiger partial charge is 0.384 e. The molecule has 0 heterocycles. The first-order valence-electron chi connectivity index (χ1n) is 5.13. The van der Waals surface area contributed by atoms with Crippen molar-refractivity contribution < 1.29 is 13.2 Å². The molecule has 6 heteroatoms. The van der Waals surface area contributed by atoms with Gasteiger partial charge in [0.2, 0.25) is 0 Å². The van der Waals surface area contributed by atoms with E-state index in [2.05, 4.69) is 5.32 Å². The molecule has 0 spiro atoms.